The van der Waals surface area contributed by atoms with Crippen molar-refractivity contribution in [1.29, 1.82) is 0 Å². The second kappa shape index (κ2) is 6.35. The van der Waals surface area contributed by atoms with Gasteiger partial charge in [0.05, 0.1) is 30.4 Å². The lowest BCUT2D eigenvalue weighted by Crippen LogP contribution is -2.50. The number of hydrogen-bond acceptors (Lipinski definition) is 4. The van der Waals surface area contributed by atoms with E-state index in [1.54, 1.807) is 12.3 Å². The molecule has 0 aromatic carbocycles. The van der Waals surface area contributed by atoms with Crippen LogP contribution < -0.4 is 5.56 Å². The second-order valence-corrected chi connectivity index (χ2v) is 7.22. The summed E-state index contributed by atoms with van der Waals surface area (Å²) < 4.78 is 3.68. The lowest BCUT2D eigenvalue weighted by atomic mass is 9.78. The van der Waals surface area contributed by atoms with Crippen molar-refractivity contribution in [3.05, 3.63) is 51.7 Å². The Labute approximate surface area is 145 Å². The van der Waals surface area contributed by atoms with Gasteiger partial charge in [-0.05, 0) is 18.4 Å². The molecule has 2 aliphatic heterocycles. The summed E-state index contributed by atoms with van der Waals surface area (Å²) in [6.07, 6.45) is 4.52. The summed E-state index contributed by atoms with van der Waals surface area (Å²) in [5.74, 6) is 0.657. The quantitative estimate of drug-likeness (QED) is 0.906. The van der Waals surface area contributed by atoms with Crippen LogP contribution in [0.1, 0.15) is 24.1 Å². The van der Waals surface area contributed by atoms with Crippen LogP contribution in [0, 0.1) is 5.92 Å². The molecule has 0 amide bonds. The van der Waals surface area contributed by atoms with Gasteiger partial charge in [-0.1, -0.05) is 17.7 Å². The molecular formula is C17H21ClN4O2. The number of piperidine rings is 1. The summed E-state index contributed by atoms with van der Waals surface area (Å²) in [4.78, 5) is 14.7. The molecule has 6 nitrogen and oxygen atoms in total. The maximum absolute atomic E-state index is 12.3. The van der Waals surface area contributed by atoms with Crippen molar-refractivity contribution >= 4 is 11.6 Å². The van der Waals surface area contributed by atoms with Gasteiger partial charge in [0.1, 0.15) is 0 Å². The van der Waals surface area contributed by atoms with Gasteiger partial charge >= 0.3 is 0 Å². The van der Waals surface area contributed by atoms with E-state index in [4.69, 9.17) is 11.6 Å². The summed E-state index contributed by atoms with van der Waals surface area (Å²) in [6, 6.07) is 5.33. The molecule has 0 unspecified atom stereocenters. The van der Waals surface area contributed by atoms with Gasteiger partial charge in [-0.25, -0.2) is 0 Å². The van der Waals surface area contributed by atoms with Gasteiger partial charge in [-0.2, -0.15) is 5.10 Å². The average Bonchev–Trinajstić information content (AvgIpc) is 3.00. The van der Waals surface area contributed by atoms with E-state index in [1.165, 1.54) is 0 Å². The van der Waals surface area contributed by atoms with Gasteiger partial charge < -0.3 is 14.6 Å². The first kappa shape index (κ1) is 15.9. The highest BCUT2D eigenvalue weighted by molar-refractivity contribution is 6.30. The van der Waals surface area contributed by atoms with Crippen molar-refractivity contribution in [1.82, 2.24) is 19.2 Å². The monoisotopic (exact) mass is 348 g/mol. The molecule has 1 saturated heterocycles. The van der Waals surface area contributed by atoms with Crippen LogP contribution >= 0.6 is 11.6 Å². The van der Waals surface area contributed by atoms with E-state index >= 15 is 0 Å². The molecule has 0 aliphatic carbocycles. The van der Waals surface area contributed by atoms with Crippen LogP contribution in [0.5, 0.6) is 0 Å². The van der Waals surface area contributed by atoms with E-state index < -0.39 is 0 Å². The molecule has 2 aromatic heterocycles. The molecule has 2 bridgehead atoms. The fourth-order valence-electron chi connectivity index (χ4n) is 4.26. The van der Waals surface area contributed by atoms with E-state index in [2.05, 4.69) is 10.00 Å². The topological polar surface area (TPSA) is 63.3 Å². The van der Waals surface area contributed by atoms with Crippen LogP contribution in [-0.4, -0.2) is 50.6 Å². The number of likely N-dealkylation sites (tertiary alicyclic amines) is 1. The van der Waals surface area contributed by atoms with E-state index in [-0.39, 0.29) is 18.2 Å². The highest BCUT2D eigenvalue weighted by atomic mass is 35.5. The van der Waals surface area contributed by atoms with Gasteiger partial charge in [0.15, 0.2) is 0 Å². The zero-order chi connectivity index (χ0) is 16.7. The minimum absolute atomic E-state index is 0.000818. The molecule has 4 heterocycles. The molecule has 128 valence electrons. The van der Waals surface area contributed by atoms with Crippen molar-refractivity contribution in [2.45, 2.75) is 24.9 Å². The Morgan fingerprint density at radius 2 is 2.17 bits per heavy atom. The molecule has 24 heavy (non-hydrogen) atoms. The minimum Gasteiger partial charge on any atom is -0.394 e. The van der Waals surface area contributed by atoms with Crippen LogP contribution in [0.2, 0.25) is 5.02 Å². The summed E-state index contributed by atoms with van der Waals surface area (Å²) in [5.41, 5.74) is 1.06. The average molecular weight is 349 g/mol. The largest absolute Gasteiger partial charge is 0.394 e. The molecular weight excluding hydrogens is 328 g/mol. The first-order valence-corrected chi connectivity index (χ1v) is 8.76. The van der Waals surface area contributed by atoms with Crippen molar-refractivity contribution in [2.75, 3.05) is 26.2 Å². The van der Waals surface area contributed by atoms with Crippen LogP contribution in [-0.2, 0) is 6.54 Å². The first-order valence-electron chi connectivity index (χ1n) is 8.38. The van der Waals surface area contributed by atoms with Crippen molar-refractivity contribution in [2.24, 2.45) is 5.92 Å². The van der Waals surface area contributed by atoms with E-state index in [1.807, 2.05) is 27.6 Å². The number of aromatic nitrogens is 3. The molecule has 0 saturated carbocycles. The maximum atomic E-state index is 12.3. The molecule has 0 radical (unpaired) electrons. The predicted octanol–water partition coefficient (Wildman–Crippen LogP) is 1.35. The van der Waals surface area contributed by atoms with Crippen LogP contribution in [0.4, 0.5) is 0 Å². The van der Waals surface area contributed by atoms with E-state index in [9.17, 15) is 9.90 Å². The number of hydrogen-bond donors (Lipinski definition) is 1. The third-order valence-electron chi connectivity index (χ3n) is 5.31. The highest BCUT2D eigenvalue weighted by Crippen LogP contribution is 2.40. The molecule has 1 N–H and O–H groups in total. The molecule has 3 atom stereocenters. The van der Waals surface area contributed by atoms with Crippen LogP contribution in [0.15, 0.2) is 35.4 Å². The Morgan fingerprint density at radius 1 is 1.29 bits per heavy atom. The Kier molecular flexibility index (Phi) is 4.20. The normalized spacial score (nSPS) is 26.3. The number of pyridine rings is 1. The minimum atomic E-state index is -0.119. The second-order valence-electron chi connectivity index (χ2n) is 6.78. The standard InChI is InChI=1S/C17H21ClN4O2/c18-14-7-19-21(10-14)5-4-20-8-12-6-13(9-20)16(11-23)22-15(12)2-1-3-17(22)24/h1-3,7,10,12-13,16,23H,4-6,8-9,11H2/t12-,13+,16+/m1/s1. The molecule has 2 aromatic rings. The van der Waals surface area contributed by atoms with E-state index in [0.717, 1.165) is 38.3 Å². The lowest BCUT2D eigenvalue weighted by molar-refractivity contribution is 0.0596. The maximum Gasteiger partial charge on any atom is 0.251 e. The summed E-state index contributed by atoms with van der Waals surface area (Å²) in [6.45, 7) is 3.53. The third-order valence-corrected chi connectivity index (χ3v) is 5.50. The fraction of sp³-hybridized carbons (Fsp3) is 0.529. The molecule has 7 heteroatoms. The molecule has 2 aliphatic rings. The number of halogens is 1. The Hall–Kier alpha value is -1.63. The van der Waals surface area contributed by atoms with Gasteiger partial charge in [-0.15, -0.1) is 0 Å². The smallest absolute Gasteiger partial charge is 0.251 e. The lowest BCUT2D eigenvalue weighted by Gasteiger charge is -2.46. The number of aliphatic hydroxyl groups is 1. The number of rotatable bonds is 4. The van der Waals surface area contributed by atoms with Gasteiger partial charge in [-0.3, -0.25) is 9.48 Å². The van der Waals surface area contributed by atoms with Gasteiger partial charge in [0, 0.05) is 43.5 Å². The zero-order valence-corrected chi connectivity index (χ0v) is 14.1. The third kappa shape index (κ3) is 2.79. The van der Waals surface area contributed by atoms with Crippen molar-refractivity contribution < 1.29 is 5.11 Å². The molecule has 4 rings (SSSR count). The van der Waals surface area contributed by atoms with Gasteiger partial charge in [0.2, 0.25) is 0 Å². The zero-order valence-electron chi connectivity index (χ0n) is 13.4. The molecule has 1 fully saturated rings. The summed E-state index contributed by atoms with van der Waals surface area (Å²) >= 11 is 5.91. The Balaban J connectivity index is 1.54. The Bertz CT molecular complexity index is 787. The SMILES string of the molecule is O=c1cccc2n1[C@@H](CO)[C@H]1C[C@@H]2CN(CCn2cc(Cl)cn2)C1. The van der Waals surface area contributed by atoms with E-state index in [0.29, 0.717) is 16.9 Å². The van der Waals surface area contributed by atoms with Crippen LogP contribution in [0.25, 0.3) is 0 Å². The summed E-state index contributed by atoms with van der Waals surface area (Å²) in [5, 5.41) is 14.7. The number of fused-ring (bicyclic) bond motifs is 4. The number of nitrogens with zero attached hydrogens (tertiary/aromatic N) is 4. The first-order chi connectivity index (χ1) is 11.7. The number of aliphatic hydroxyl groups excluding tert-OH is 1. The Morgan fingerprint density at radius 3 is 2.92 bits per heavy atom. The van der Waals surface area contributed by atoms with Crippen molar-refractivity contribution in [3.63, 3.8) is 0 Å². The van der Waals surface area contributed by atoms with Crippen molar-refractivity contribution in [3.8, 4) is 0 Å². The molecule has 0 spiro atoms. The predicted molar refractivity (Wildman–Crippen MR) is 91.3 cm³/mol. The highest BCUT2D eigenvalue weighted by Gasteiger charge is 2.39. The van der Waals surface area contributed by atoms with Crippen LogP contribution in [0.3, 0.4) is 0 Å². The fourth-order valence-corrected chi connectivity index (χ4v) is 4.41. The van der Waals surface area contributed by atoms with Gasteiger partial charge in [0.25, 0.3) is 5.56 Å². The summed E-state index contributed by atoms with van der Waals surface area (Å²) in [7, 11) is 0.